The fourth-order valence-corrected chi connectivity index (χ4v) is 3.11. The maximum atomic E-state index is 12.7. The predicted octanol–water partition coefficient (Wildman–Crippen LogP) is 4.30. The fraction of sp³-hybridized carbons (Fsp3) is 0.222. The number of rotatable bonds is 4. The lowest BCUT2D eigenvalue weighted by molar-refractivity contribution is -0.121. The van der Waals surface area contributed by atoms with E-state index in [9.17, 15) is 9.59 Å². The number of aryl methyl sites for hydroxylation is 1. The van der Waals surface area contributed by atoms with Crippen molar-refractivity contribution in [1.82, 2.24) is 0 Å². The third-order valence-corrected chi connectivity index (χ3v) is 4.76. The first kappa shape index (κ1) is 16.8. The van der Waals surface area contributed by atoms with Crippen LogP contribution in [0.25, 0.3) is 0 Å². The number of para-hydroxylation sites is 1. The number of carbonyl (C=O) groups excluding carboxylic acids is 2. The molecule has 4 nitrogen and oxygen atoms in total. The summed E-state index contributed by atoms with van der Waals surface area (Å²) in [6.45, 7) is 2.00. The standard InChI is InChI=1S/C18H16Cl2N2O2/c1-2-11-5-3-4-6-16(11)22-17(23)10-15(18(22)24)21-12-7-8-13(19)14(20)9-12/h3-9,15,21H,2,10H2,1H3/t15-/m0/s1. The smallest absolute Gasteiger partial charge is 0.256 e. The molecule has 0 aromatic heterocycles. The minimum atomic E-state index is -0.611. The van der Waals surface area contributed by atoms with Crippen LogP contribution in [-0.4, -0.2) is 17.9 Å². The van der Waals surface area contributed by atoms with Gasteiger partial charge in [0.2, 0.25) is 5.91 Å². The van der Waals surface area contributed by atoms with Gasteiger partial charge in [-0.1, -0.05) is 48.3 Å². The Bertz CT molecular complexity index is 807. The molecule has 24 heavy (non-hydrogen) atoms. The van der Waals surface area contributed by atoms with Gasteiger partial charge >= 0.3 is 0 Å². The number of halogens is 2. The fourth-order valence-electron chi connectivity index (χ4n) is 2.81. The molecule has 0 radical (unpaired) electrons. The Kier molecular flexibility index (Phi) is 4.78. The molecular formula is C18H16Cl2N2O2. The minimum absolute atomic E-state index is 0.108. The van der Waals surface area contributed by atoms with E-state index in [2.05, 4.69) is 5.32 Å². The minimum Gasteiger partial charge on any atom is -0.373 e. The zero-order valence-corrected chi connectivity index (χ0v) is 14.6. The average molecular weight is 363 g/mol. The monoisotopic (exact) mass is 362 g/mol. The highest BCUT2D eigenvalue weighted by Crippen LogP contribution is 2.30. The Morgan fingerprint density at radius 3 is 2.58 bits per heavy atom. The van der Waals surface area contributed by atoms with E-state index in [0.29, 0.717) is 21.4 Å². The summed E-state index contributed by atoms with van der Waals surface area (Å²) in [6, 6.07) is 11.9. The quantitative estimate of drug-likeness (QED) is 0.824. The van der Waals surface area contributed by atoms with Crippen molar-refractivity contribution in [3.8, 4) is 0 Å². The van der Waals surface area contributed by atoms with E-state index in [4.69, 9.17) is 23.2 Å². The molecule has 1 aliphatic heterocycles. The van der Waals surface area contributed by atoms with E-state index < -0.39 is 6.04 Å². The van der Waals surface area contributed by atoms with E-state index in [1.54, 1.807) is 24.3 Å². The van der Waals surface area contributed by atoms with Crippen LogP contribution in [0.15, 0.2) is 42.5 Å². The lowest BCUT2D eigenvalue weighted by Crippen LogP contribution is -2.35. The molecule has 2 aromatic rings. The highest BCUT2D eigenvalue weighted by Gasteiger charge is 2.40. The molecule has 2 amide bonds. The van der Waals surface area contributed by atoms with Gasteiger partial charge in [0.25, 0.3) is 5.91 Å². The van der Waals surface area contributed by atoms with Crippen LogP contribution in [0.3, 0.4) is 0 Å². The molecule has 1 N–H and O–H groups in total. The van der Waals surface area contributed by atoms with Gasteiger partial charge in [-0.25, -0.2) is 4.90 Å². The molecule has 1 atom stereocenters. The topological polar surface area (TPSA) is 49.4 Å². The van der Waals surface area contributed by atoms with E-state index in [0.717, 1.165) is 12.0 Å². The number of hydrogen-bond acceptors (Lipinski definition) is 3. The van der Waals surface area contributed by atoms with Crippen LogP contribution in [0.2, 0.25) is 10.0 Å². The Balaban J connectivity index is 1.85. The summed E-state index contributed by atoms with van der Waals surface area (Å²) >= 11 is 11.9. The summed E-state index contributed by atoms with van der Waals surface area (Å²) < 4.78 is 0. The van der Waals surface area contributed by atoms with E-state index >= 15 is 0 Å². The van der Waals surface area contributed by atoms with E-state index in [1.807, 2.05) is 25.1 Å². The lowest BCUT2D eigenvalue weighted by Gasteiger charge is -2.19. The van der Waals surface area contributed by atoms with E-state index in [-0.39, 0.29) is 18.2 Å². The second-order valence-electron chi connectivity index (χ2n) is 5.58. The van der Waals surface area contributed by atoms with Gasteiger partial charge in [0.05, 0.1) is 22.2 Å². The van der Waals surface area contributed by atoms with Crippen LogP contribution in [0.4, 0.5) is 11.4 Å². The molecule has 124 valence electrons. The first-order valence-electron chi connectivity index (χ1n) is 7.67. The number of amides is 2. The zero-order valence-electron chi connectivity index (χ0n) is 13.1. The van der Waals surface area contributed by atoms with Crippen molar-refractivity contribution in [1.29, 1.82) is 0 Å². The van der Waals surface area contributed by atoms with Crippen LogP contribution in [0.1, 0.15) is 18.9 Å². The maximum Gasteiger partial charge on any atom is 0.256 e. The number of nitrogens with one attached hydrogen (secondary N) is 1. The van der Waals surface area contributed by atoms with Gasteiger partial charge < -0.3 is 5.32 Å². The Morgan fingerprint density at radius 2 is 1.88 bits per heavy atom. The van der Waals surface area contributed by atoms with Gasteiger partial charge in [-0.2, -0.15) is 0 Å². The van der Waals surface area contributed by atoms with Gasteiger partial charge in [-0.15, -0.1) is 0 Å². The van der Waals surface area contributed by atoms with Crippen LogP contribution in [0.5, 0.6) is 0 Å². The third-order valence-electron chi connectivity index (χ3n) is 4.02. The van der Waals surface area contributed by atoms with Gasteiger partial charge in [-0.05, 0) is 36.2 Å². The third kappa shape index (κ3) is 3.12. The number of carbonyl (C=O) groups is 2. The van der Waals surface area contributed by atoms with Gasteiger partial charge in [-0.3, -0.25) is 9.59 Å². The molecule has 0 unspecified atom stereocenters. The highest BCUT2D eigenvalue weighted by atomic mass is 35.5. The maximum absolute atomic E-state index is 12.7. The molecule has 0 bridgehead atoms. The number of hydrogen-bond donors (Lipinski definition) is 1. The SMILES string of the molecule is CCc1ccccc1N1C(=O)C[C@H](Nc2ccc(Cl)c(Cl)c2)C1=O. The van der Waals surface area contributed by atoms with Crippen molar-refractivity contribution >= 4 is 46.4 Å². The molecule has 1 saturated heterocycles. The number of nitrogens with zero attached hydrogens (tertiary/aromatic N) is 1. The van der Waals surface area contributed by atoms with Crippen LogP contribution in [-0.2, 0) is 16.0 Å². The molecule has 6 heteroatoms. The lowest BCUT2D eigenvalue weighted by atomic mass is 10.1. The molecule has 0 aliphatic carbocycles. The van der Waals surface area contributed by atoms with Crippen LogP contribution < -0.4 is 10.2 Å². The Hall–Kier alpha value is -2.04. The summed E-state index contributed by atoms with van der Waals surface area (Å²) in [5.74, 6) is -0.467. The summed E-state index contributed by atoms with van der Waals surface area (Å²) in [5, 5.41) is 3.91. The normalized spacial score (nSPS) is 17.5. The second-order valence-corrected chi connectivity index (χ2v) is 6.39. The number of benzene rings is 2. The largest absolute Gasteiger partial charge is 0.373 e. The van der Waals surface area contributed by atoms with Crippen molar-refractivity contribution in [3.63, 3.8) is 0 Å². The number of imide groups is 1. The van der Waals surface area contributed by atoms with Gasteiger partial charge in [0, 0.05) is 5.69 Å². The molecule has 0 saturated carbocycles. The first-order chi connectivity index (χ1) is 11.5. The summed E-state index contributed by atoms with van der Waals surface area (Å²) in [6.07, 6.45) is 0.856. The van der Waals surface area contributed by atoms with Crippen LogP contribution in [0, 0.1) is 0 Å². The van der Waals surface area contributed by atoms with Crippen molar-refractivity contribution in [2.24, 2.45) is 0 Å². The molecule has 2 aromatic carbocycles. The Labute approximate surface area is 150 Å². The number of anilines is 2. The van der Waals surface area contributed by atoms with Gasteiger partial charge in [0.1, 0.15) is 6.04 Å². The Morgan fingerprint density at radius 1 is 1.12 bits per heavy atom. The molecule has 1 fully saturated rings. The average Bonchev–Trinajstić information content (AvgIpc) is 2.85. The molecular weight excluding hydrogens is 347 g/mol. The summed E-state index contributed by atoms with van der Waals surface area (Å²) in [7, 11) is 0. The second kappa shape index (κ2) is 6.83. The van der Waals surface area contributed by atoms with Crippen molar-refractivity contribution in [3.05, 3.63) is 58.1 Å². The summed E-state index contributed by atoms with van der Waals surface area (Å²) in [4.78, 5) is 26.4. The molecule has 1 aliphatic rings. The molecule has 1 heterocycles. The predicted molar refractivity (Wildman–Crippen MR) is 96.8 cm³/mol. The van der Waals surface area contributed by atoms with E-state index in [1.165, 1.54) is 4.90 Å². The van der Waals surface area contributed by atoms with Gasteiger partial charge in [0.15, 0.2) is 0 Å². The molecule has 3 rings (SSSR count). The van der Waals surface area contributed by atoms with Crippen molar-refractivity contribution < 1.29 is 9.59 Å². The zero-order chi connectivity index (χ0) is 17.3. The highest BCUT2D eigenvalue weighted by molar-refractivity contribution is 6.42. The molecule has 0 spiro atoms. The van der Waals surface area contributed by atoms with Crippen molar-refractivity contribution in [2.75, 3.05) is 10.2 Å². The van der Waals surface area contributed by atoms with Crippen LogP contribution >= 0.6 is 23.2 Å². The first-order valence-corrected chi connectivity index (χ1v) is 8.43. The summed E-state index contributed by atoms with van der Waals surface area (Å²) in [5.41, 5.74) is 2.28. The van der Waals surface area contributed by atoms with Crippen molar-refractivity contribution in [2.45, 2.75) is 25.8 Å².